The number of halogens is 1. The van der Waals surface area contributed by atoms with E-state index >= 15 is 0 Å². The molecule has 0 unspecified atom stereocenters. The molecule has 0 atom stereocenters. The minimum Gasteiger partial charge on any atom is -0.339 e. The number of hydrogen-bond donors (Lipinski definition) is 2. The van der Waals surface area contributed by atoms with Gasteiger partial charge in [-0.05, 0) is 7.05 Å². The number of likely N-dealkylation sites (N-methyl/N-ethyl adjacent to an activating group) is 1. The maximum absolute atomic E-state index is 11.7. The molecular weight excluding hydrogens is 216 g/mol. The molecule has 6 heteroatoms. The number of carbonyl (C=O) groups is 1. The van der Waals surface area contributed by atoms with Crippen LogP contribution in [0.1, 0.15) is 0 Å². The number of amides is 1. The first-order valence-corrected chi connectivity index (χ1v) is 5.11. The van der Waals surface area contributed by atoms with E-state index < -0.39 is 0 Å². The van der Waals surface area contributed by atoms with Crippen molar-refractivity contribution in [2.45, 2.75) is 0 Å². The Kier molecular flexibility index (Phi) is 7.68. The summed E-state index contributed by atoms with van der Waals surface area (Å²) in [5.74, 6) is 0.211. The molecule has 0 aromatic rings. The van der Waals surface area contributed by atoms with Gasteiger partial charge in [-0.15, -0.1) is 12.4 Å². The molecule has 0 aromatic heterocycles. The summed E-state index contributed by atoms with van der Waals surface area (Å²) in [7, 11) is 1.92. The van der Waals surface area contributed by atoms with Crippen LogP contribution in [0, 0.1) is 0 Å². The lowest BCUT2D eigenvalue weighted by atomic mass is 10.3. The predicted octanol–water partition coefficient (Wildman–Crippen LogP) is -1.27. The maximum Gasteiger partial charge on any atom is 0.236 e. The number of nitrogens with two attached hydrogens (primary N) is 1. The molecule has 1 rings (SSSR count). The van der Waals surface area contributed by atoms with Crippen LogP contribution in [-0.2, 0) is 4.79 Å². The van der Waals surface area contributed by atoms with E-state index in [1.54, 1.807) is 0 Å². The molecule has 0 radical (unpaired) electrons. The summed E-state index contributed by atoms with van der Waals surface area (Å²) in [6.45, 7) is 5.34. The Bertz CT molecular complexity index is 185. The Morgan fingerprint density at radius 3 is 2.60 bits per heavy atom. The van der Waals surface area contributed by atoms with Crippen LogP contribution in [-0.4, -0.2) is 68.6 Å². The summed E-state index contributed by atoms with van der Waals surface area (Å²) in [6.07, 6.45) is 0. The number of carbonyl (C=O) groups excluding carboxylic acids is 1. The van der Waals surface area contributed by atoms with Crippen LogP contribution in [0.15, 0.2) is 0 Å². The fraction of sp³-hybridized carbons (Fsp3) is 0.889. The van der Waals surface area contributed by atoms with Gasteiger partial charge in [0.25, 0.3) is 0 Å². The minimum absolute atomic E-state index is 0. The summed E-state index contributed by atoms with van der Waals surface area (Å²) in [6, 6.07) is 0. The van der Waals surface area contributed by atoms with Crippen LogP contribution in [0.5, 0.6) is 0 Å². The highest BCUT2D eigenvalue weighted by Crippen LogP contribution is 1.94. The van der Waals surface area contributed by atoms with Gasteiger partial charge in [-0.2, -0.15) is 0 Å². The Balaban J connectivity index is 0.00000196. The highest BCUT2D eigenvalue weighted by Gasteiger charge is 2.16. The average molecular weight is 237 g/mol. The fourth-order valence-electron chi connectivity index (χ4n) is 1.54. The van der Waals surface area contributed by atoms with Gasteiger partial charge in [0.05, 0.1) is 6.54 Å². The van der Waals surface area contributed by atoms with E-state index in [-0.39, 0.29) is 18.3 Å². The second-order valence-corrected chi connectivity index (χ2v) is 3.66. The lowest BCUT2D eigenvalue weighted by Gasteiger charge is -2.29. The van der Waals surface area contributed by atoms with Crippen LogP contribution in [0.4, 0.5) is 0 Å². The molecule has 0 aliphatic carbocycles. The zero-order valence-corrected chi connectivity index (χ0v) is 10.1. The maximum atomic E-state index is 11.7. The molecule has 0 aromatic carbocycles. The van der Waals surface area contributed by atoms with Crippen LogP contribution in [0.3, 0.4) is 0 Å². The number of piperazine rings is 1. The largest absolute Gasteiger partial charge is 0.339 e. The zero-order chi connectivity index (χ0) is 10.4. The number of nitrogens with zero attached hydrogens (tertiary/aromatic N) is 2. The quantitative estimate of drug-likeness (QED) is 0.639. The highest BCUT2D eigenvalue weighted by atomic mass is 35.5. The van der Waals surface area contributed by atoms with Gasteiger partial charge in [0, 0.05) is 39.3 Å². The summed E-state index contributed by atoms with van der Waals surface area (Å²) >= 11 is 0. The van der Waals surface area contributed by atoms with Crippen molar-refractivity contribution in [2.75, 3.05) is 52.9 Å². The lowest BCUT2D eigenvalue weighted by molar-refractivity contribution is -0.132. The van der Waals surface area contributed by atoms with Crippen molar-refractivity contribution < 1.29 is 4.79 Å². The van der Waals surface area contributed by atoms with Crippen molar-refractivity contribution in [1.82, 2.24) is 15.1 Å². The van der Waals surface area contributed by atoms with Crippen LogP contribution < -0.4 is 11.1 Å². The third kappa shape index (κ3) is 5.32. The van der Waals surface area contributed by atoms with Crippen molar-refractivity contribution in [3.8, 4) is 0 Å². The van der Waals surface area contributed by atoms with Gasteiger partial charge in [-0.3, -0.25) is 9.69 Å². The summed E-state index contributed by atoms with van der Waals surface area (Å²) in [5, 5.41) is 3.22. The van der Waals surface area contributed by atoms with Gasteiger partial charge in [-0.25, -0.2) is 0 Å². The van der Waals surface area contributed by atoms with Crippen molar-refractivity contribution >= 4 is 18.3 Å². The van der Waals surface area contributed by atoms with Gasteiger partial charge in [0.15, 0.2) is 0 Å². The van der Waals surface area contributed by atoms with Crippen LogP contribution in [0.2, 0.25) is 0 Å². The predicted molar refractivity (Wildman–Crippen MR) is 63.2 cm³/mol. The SMILES string of the molecule is CN(CCN)CC(=O)N1CCNCC1.Cl. The Labute approximate surface area is 97.4 Å². The van der Waals surface area contributed by atoms with Gasteiger partial charge in [-0.1, -0.05) is 0 Å². The summed E-state index contributed by atoms with van der Waals surface area (Å²) in [5.41, 5.74) is 5.41. The molecule has 1 aliphatic heterocycles. The topological polar surface area (TPSA) is 61.6 Å². The Hall–Kier alpha value is -0.360. The van der Waals surface area contributed by atoms with Crippen molar-refractivity contribution in [3.63, 3.8) is 0 Å². The second-order valence-electron chi connectivity index (χ2n) is 3.66. The van der Waals surface area contributed by atoms with Gasteiger partial charge < -0.3 is 16.0 Å². The van der Waals surface area contributed by atoms with Crippen molar-refractivity contribution in [1.29, 1.82) is 0 Å². The number of hydrogen-bond acceptors (Lipinski definition) is 4. The van der Waals surface area contributed by atoms with Gasteiger partial charge >= 0.3 is 0 Å². The molecular formula is C9H21ClN4O. The van der Waals surface area contributed by atoms with E-state index in [0.29, 0.717) is 13.1 Å². The van der Waals surface area contributed by atoms with Crippen LogP contribution >= 0.6 is 12.4 Å². The van der Waals surface area contributed by atoms with Gasteiger partial charge in [0.1, 0.15) is 0 Å². The van der Waals surface area contributed by atoms with Gasteiger partial charge in [0.2, 0.25) is 5.91 Å². The third-order valence-corrected chi connectivity index (χ3v) is 2.39. The number of nitrogens with one attached hydrogen (secondary N) is 1. The molecule has 0 bridgehead atoms. The molecule has 0 spiro atoms. The van der Waals surface area contributed by atoms with E-state index in [9.17, 15) is 4.79 Å². The monoisotopic (exact) mass is 236 g/mol. The Morgan fingerprint density at radius 1 is 1.47 bits per heavy atom. The Morgan fingerprint density at radius 2 is 2.07 bits per heavy atom. The van der Waals surface area contributed by atoms with E-state index in [0.717, 1.165) is 32.7 Å². The third-order valence-electron chi connectivity index (χ3n) is 2.39. The first kappa shape index (κ1) is 14.6. The van der Waals surface area contributed by atoms with E-state index in [1.807, 2.05) is 16.8 Å². The number of rotatable bonds is 4. The summed E-state index contributed by atoms with van der Waals surface area (Å²) < 4.78 is 0. The molecule has 0 saturated carbocycles. The molecule has 1 fully saturated rings. The normalized spacial score (nSPS) is 16.3. The zero-order valence-electron chi connectivity index (χ0n) is 9.24. The minimum atomic E-state index is 0. The van der Waals surface area contributed by atoms with Crippen molar-refractivity contribution in [2.24, 2.45) is 5.73 Å². The standard InChI is InChI=1S/C9H20N4O.ClH/c1-12(5-2-10)8-9(14)13-6-3-11-4-7-13;/h11H,2-8,10H2,1H3;1H. The molecule has 3 N–H and O–H groups in total. The summed E-state index contributed by atoms with van der Waals surface area (Å²) in [4.78, 5) is 15.6. The molecule has 1 aliphatic rings. The second kappa shape index (κ2) is 7.87. The average Bonchev–Trinajstić information content (AvgIpc) is 2.19. The van der Waals surface area contributed by atoms with E-state index in [1.165, 1.54) is 0 Å². The van der Waals surface area contributed by atoms with E-state index in [4.69, 9.17) is 5.73 Å². The molecule has 1 heterocycles. The fourth-order valence-corrected chi connectivity index (χ4v) is 1.54. The molecule has 15 heavy (non-hydrogen) atoms. The molecule has 90 valence electrons. The first-order chi connectivity index (χ1) is 6.74. The van der Waals surface area contributed by atoms with E-state index in [2.05, 4.69) is 5.32 Å². The smallest absolute Gasteiger partial charge is 0.236 e. The van der Waals surface area contributed by atoms with Crippen LogP contribution in [0.25, 0.3) is 0 Å². The first-order valence-electron chi connectivity index (χ1n) is 5.11. The lowest BCUT2D eigenvalue weighted by Crippen LogP contribution is -2.49. The highest BCUT2D eigenvalue weighted by molar-refractivity contribution is 5.85. The van der Waals surface area contributed by atoms with Crippen molar-refractivity contribution in [3.05, 3.63) is 0 Å². The molecule has 5 nitrogen and oxygen atoms in total. The molecule has 1 amide bonds. The molecule has 1 saturated heterocycles.